The number of nitrogens with one attached hydrogen (secondary N) is 1. The second-order valence-electron chi connectivity index (χ2n) is 6.47. The number of amides is 1. The summed E-state index contributed by atoms with van der Waals surface area (Å²) in [6.07, 6.45) is 2.17. The van der Waals surface area contributed by atoms with Crippen LogP contribution in [0.1, 0.15) is 30.0 Å². The monoisotopic (exact) mass is 419 g/mol. The number of hydrogen-bond acceptors (Lipinski definition) is 6. The van der Waals surface area contributed by atoms with Crippen molar-refractivity contribution in [3.8, 4) is 23.6 Å². The van der Waals surface area contributed by atoms with Crippen LogP contribution in [-0.2, 0) is 16.1 Å². The Hall–Kier alpha value is -3.81. The van der Waals surface area contributed by atoms with E-state index in [1.165, 1.54) is 6.08 Å². The fourth-order valence-corrected chi connectivity index (χ4v) is 2.74. The highest BCUT2D eigenvalue weighted by molar-refractivity contribution is 6.01. The molecule has 1 N–H and O–H groups in total. The highest BCUT2D eigenvalue weighted by Crippen LogP contribution is 2.30. The molecule has 2 aromatic carbocycles. The number of methoxy groups -OCH3 is 1. The minimum Gasteiger partial charge on any atom is -0.490 e. The molecule has 2 rings (SSSR count). The Morgan fingerprint density at radius 2 is 1.94 bits per heavy atom. The lowest BCUT2D eigenvalue weighted by molar-refractivity contribution is -0.117. The Balaban J connectivity index is 2.16. The van der Waals surface area contributed by atoms with Crippen molar-refractivity contribution in [2.24, 2.45) is 0 Å². The van der Waals surface area contributed by atoms with Crippen molar-refractivity contribution in [3.05, 3.63) is 64.7 Å². The lowest BCUT2D eigenvalue weighted by atomic mass is 10.1. The molecule has 0 saturated heterocycles. The lowest BCUT2D eigenvalue weighted by Crippen LogP contribution is -2.26. The van der Waals surface area contributed by atoms with E-state index in [9.17, 15) is 15.3 Å². The van der Waals surface area contributed by atoms with Gasteiger partial charge >= 0.3 is 0 Å². The number of nitriles is 2. The summed E-state index contributed by atoms with van der Waals surface area (Å²) in [5.74, 6) is 0.558. The van der Waals surface area contributed by atoms with E-state index >= 15 is 0 Å². The Labute approximate surface area is 182 Å². The molecule has 1 amide bonds. The summed E-state index contributed by atoms with van der Waals surface area (Å²) in [6, 6.07) is 16.5. The van der Waals surface area contributed by atoms with E-state index in [0.717, 1.165) is 5.56 Å². The molecule has 0 atom stereocenters. The van der Waals surface area contributed by atoms with Crippen LogP contribution >= 0.6 is 0 Å². The molecule has 0 radical (unpaired) electrons. The lowest BCUT2D eigenvalue weighted by Gasteiger charge is -2.13. The Morgan fingerprint density at radius 1 is 1.13 bits per heavy atom. The van der Waals surface area contributed by atoms with Gasteiger partial charge in [-0.1, -0.05) is 24.3 Å². The van der Waals surface area contributed by atoms with Crippen molar-refractivity contribution < 1.29 is 19.0 Å². The molecule has 7 heteroatoms. The SMILES string of the molecule is CCOc1cc(/C=C(\C#N)C(=O)NCCCOC)ccc1OCc1ccccc1C#N. The summed E-state index contributed by atoms with van der Waals surface area (Å²) >= 11 is 0. The molecule has 0 aliphatic heterocycles. The summed E-state index contributed by atoms with van der Waals surface area (Å²) in [5.41, 5.74) is 1.96. The molecule has 0 aromatic heterocycles. The number of benzene rings is 2. The van der Waals surface area contributed by atoms with Gasteiger partial charge in [0.2, 0.25) is 0 Å². The van der Waals surface area contributed by atoms with Crippen LogP contribution < -0.4 is 14.8 Å². The van der Waals surface area contributed by atoms with Crippen LogP contribution in [0.25, 0.3) is 6.08 Å². The van der Waals surface area contributed by atoms with Gasteiger partial charge in [0.1, 0.15) is 18.2 Å². The normalized spacial score (nSPS) is 10.6. The number of hydrogen-bond donors (Lipinski definition) is 1. The first-order chi connectivity index (χ1) is 15.1. The van der Waals surface area contributed by atoms with Crippen LogP contribution in [0.5, 0.6) is 11.5 Å². The predicted octanol–water partition coefficient (Wildman–Crippen LogP) is 3.60. The van der Waals surface area contributed by atoms with Crippen molar-refractivity contribution >= 4 is 12.0 Å². The van der Waals surface area contributed by atoms with Crippen molar-refractivity contribution in [2.75, 3.05) is 26.9 Å². The van der Waals surface area contributed by atoms with Crippen LogP contribution in [-0.4, -0.2) is 32.8 Å². The van der Waals surface area contributed by atoms with Gasteiger partial charge in [-0.2, -0.15) is 10.5 Å². The largest absolute Gasteiger partial charge is 0.490 e. The molecule has 7 nitrogen and oxygen atoms in total. The molecule has 0 aliphatic carbocycles. The molecule has 0 fully saturated rings. The van der Waals surface area contributed by atoms with E-state index in [4.69, 9.17) is 14.2 Å². The zero-order valence-electron chi connectivity index (χ0n) is 17.7. The van der Waals surface area contributed by atoms with Crippen LogP contribution in [0.15, 0.2) is 48.0 Å². The standard InChI is InChI=1S/C24H25N3O4/c1-3-30-23-14-18(13-21(16-26)24(28)27-11-6-12-29-2)9-10-22(23)31-17-20-8-5-4-7-19(20)15-25/h4-5,7-10,13-14H,3,6,11-12,17H2,1-2H3,(H,27,28)/b21-13+. The maximum atomic E-state index is 12.2. The second-order valence-corrected chi connectivity index (χ2v) is 6.47. The van der Waals surface area contributed by atoms with Gasteiger partial charge in [0.15, 0.2) is 11.5 Å². The highest BCUT2D eigenvalue weighted by atomic mass is 16.5. The average molecular weight is 419 g/mol. The van der Waals surface area contributed by atoms with E-state index < -0.39 is 5.91 Å². The summed E-state index contributed by atoms with van der Waals surface area (Å²) < 4.78 is 16.5. The summed E-state index contributed by atoms with van der Waals surface area (Å²) in [5, 5.41) is 21.3. The van der Waals surface area contributed by atoms with Gasteiger partial charge in [0.05, 0.1) is 18.2 Å². The first kappa shape index (κ1) is 23.5. The molecule has 0 saturated carbocycles. The van der Waals surface area contributed by atoms with Gasteiger partial charge in [0.25, 0.3) is 5.91 Å². The third-order valence-electron chi connectivity index (χ3n) is 4.28. The molecule has 0 heterocycles. The topological polar surface area (TPSA) is 104 Å². The van der Waals surface area contributed by atoms with Crippen LogP contribution in [0.2, 0.25) is 0 Å². The van der Waals surface area contributed by atoms with E-state index in [-0.39, 0.29) is 12.2 Å². The van der Waals surface area contributed by atoms with Gasteiger partial charge in [-0.3, -0.25) is 4.79 Å². The molecule has 2 aromatic rings. The van der Waals surface area contributed by atoms with Crippen molar-refractivity contribution in [1.29, 1.82) is 10.5 Å². The molecular weight excluding hydrogens is 394 g/mol. The van der Waals surface area contributed by atoms with Crippen LogP contribution in [0, 0.1) is 22.7 Å². The van der Waals surface area contributed by atoms with Crippen LogP contribution in [0.3, 0.4) is 0 Å². The maximum absolute atomic E-state index is 12.2. The van der Waals surface area contributed by atoms with Crippen LogP contribution in [0.4, 0.5) is 0 Å². The molecule has 0 aliphatic rings. The highest BCUT2D eigenvalue weighted by Gasteiger charge is 2.11. The Bertz CT molecular complexity index is 1000. The quantitative estimate of drug-likeness (QED) is 0.339. The maximum Gasteiger partial charge on any atom is 0.261 e. The molecule has 0 unspecified atom stereocenters. The molecule has 0 spiro atoms. The van der Waals surface area contributed by atoms with Gasteiger partial charge < -0.3 is 19.5 Å². The van der Waals surface area contributed by atoms with E-state index in [0.29, 0.717) is 48.8 Å². The fourth-order valence-electron chi connectivity index (χ4n) is 2.74. The van der Waals surface area contributed by atoms with Gasteiger partial charge in [-0.05, 0) is 43.2 Å². The number of nitrogens with zero attached hydrogens (tertiary/aromatic N) is 2. The summed E-state index contributed by atoms with van der Waals surface area (Å²) in [7, 11) is 1.59. The first-order valence-electron chi connectivity index (χ1n) is 9.89. The zero-order chi connectivity index (χ0) is 22.5. The van der Waals surface area contributed by atoms with E-state index in [1.54, 1.807) is 37.4 Å². The van der Waals surface area contributed by atoms with E-state index in [1.807, 2.05) is 25.1 Å². The van der Waals surface area contributed by atoms with Crippen molar-refractivity contribution in [3.63, 3.8) is 0 Å². The third-order valence-corrected chi connectivity index (χ3v) is 4.28. The Morgan fingerprint density at radius 3 is 2.65 bits per heavy atom. The van der Waals surface area contributed by atoms with E-state index in [2.05, 4.69) is 11.4 Å². The number of rotatable bonds is 11. The van der Waals surface area contributed by atoms with Crippen molar-refractivity contribution in [2.45, 2.75) is 20.0 Å². The van der Waals surface area contributed by atoms with Crippen molar-refractivity contribution in [1.82, 2.24) is 5.32 Å². The van der Waals surface area contributed by atoms with Gasteiger partial charge in [-0.15, -0.1) is 0 Å². The third kappa shape index (κ3) is 7.18. The van der Waals surface area contributed by atoms with Gasteiger partial charge in [-0.25, -0.2) is 0 Å². The average Bonchev–Trinajstić information content (AvgIpc) is 2.80. The molecule has 160 valence electrons. The number of carbonyl (C=O) groups excluding carboxylic acids is 1. The summed E-state index contributed by atoms with van der Waals surface area (Å²) in [4.78, 5) is 12.2. The molecule has 31 heavy (non-hydrogen) atoms. The summed E-state index contributed by atoms with van der Waals surface area (Å²) in [6.45, 7) is 3.44. The Kier molecular flexibility index (Phi) is 9.61. The number of carbonyl (C=O) groups is 1. The number of ether oxygens (including phenoxy) is 3. The molecule has 0 bridgehead atoms. The zero-order valence-corrected chi connectivity index (χ0v) is 17.7. The predicted molar refractivity (Wildman–Crippen MR) is 116 cm³/mol. The molecular formula is C24H25N3O4. The minimum atomic E-state index is -0.440. The van der Waals surface area contributed by atoms with Gasteiger partial charge in [0, 0.05) is 25.8 Å². The second kappa shape index (κ2) is 12.7. The smallest absolute Gasteiger partial charge is 0.261 e. The fraction of sp³-hybridized carbons (Fsp3) is 0.292. The minimum absolute atomic E-state index is 0.00326. The first-order valence-corrected chi connectivity index (χ1v) is 9.89.